The number of ether oxygens (including phenoxy) is 2. The molecule has 122 valence electrons. The van der Waals surface area contributed by atoms with Crippen molar-refractivity contribution >= 4 is 0 Å². The zero-order valence-electron chi connectivity index (χ0n) is 12.4. The summed E-state index contributed by atoms with van der Waals surface area (Å²) in [6.45, 7) is 0.857. The van der Waals surface area contributed by atoms with Gasteiger partial charge in [-0.2, -0.15) is 5.10 Å². The summed E-state index contributed by atoms with van der Waals surface area (Å²) in [5.41, 5.74) is 0.814. The molecule has 23 heavy (non-hydrogen) atoms. The van der Waals surface area contributed by atoms with Crippen molar-refractivity contribution in [3.8, 4) is 0 Å². The third-order valence-corrected chi connectivity index (χ3v) is 4.39. The van der Waals surface area contributed by atoms with E-state index in [1.54, 1.807) is 29.2 Å². The predicted molar refractivity (Wildman–Crippen MR) is 78.9 cm³/mol. The highest BCUT2D eigenvalue weighted by atomic mass is 19.1. The van der Waals surface area contributed by atoms with Crippen molar-refractivity contribution in [2.75, 3.05) is 6.61 Å². The van der Waals surface area contributed by atoms with Crippen molar-refractivity contribution < 1.29 is 19.0 Å². The smallest absolute Gasteiger partial charge is 0.183 e. The molecule has 2 N–H and O–H groups in total. The Morgan fingerprint density at radius 3 is 3.09 bits per heavy atom. The number of nitrogens with zero attached hydrogens (tertiary/aromatic N) is 2. The average molecular weight is 319 g/mol. The Morgan fingerprint density at radius 2 is 2.30 bits per heavy atom. The quantitative estimate of drug-likeness (QED) is 0.874. The molecule has 1 aromatic carbocycles. The minimum atomic E-state index is -0.713. The van der Waals surface area contributed by atoms with E-state index in [0.717, 1.165) is 5.56 Å². The molecule has 2 aromatic rings. The van der Waals surface area contributed by atoms with E-state index in [1.807, 2.05) is 6.07 Å². The van der Waals surface area contributed by atoms with Gasteiger partial charge in [0, 0.05) is 18.9 Å². The molecule has 0 radical (unpaired) electrons. The van der Waals surface area contributed by atoms with Crippen molar-refractivity contribution in [1.29, 1.82) is 0 Å². The number of aliphatic hydroxyl groups excluding tert-OH is 1. The second kappa shape index (κ2) is 6.01. The van der Waals surface area contributed by atoms with Crippen LogP contribution >= 0.6 is 0 Å². The maximum atomic E-state index is 13.3. The number of hydrogen-bond acceptors (Lipinski definition) is 5. The molecule has 3 heterocycles. The van der Waals surface area contributed by atoms with Crippen LogP contribution < -0.4 is 5.32 Å². The molecular formula is C16H18FN3O3. The number of nitrogens with one attached hydrogen (secondary N) is 1. The lowest BCUT2D eigenvalue weighted by atomic mass is 9.96. The first-order valence-corrected chi connectivity index (χ1v) is 7.64. The summed E-state index contributed by atoms with van der Waals surface area (Å²) in [7, 11) is 0. The summed E-state index contributed by atoms with van der Waals surface area (Å²) in [5.74, 6) is -0.275. The molecule has 0 saturated carbocycles. The molecule has 0 unspecified atom stereocenters. The van der Waals surface area contributed by atoms with Gasteiger partial charge in [-0.1, -0.05) is 12.1 Å². The Labute approximate surface area is 132 Å². The zero-order chi connectivity index (χ0) is 15.8. The normalized spacial score (nSPS) is 33.0. The first kappa shape index (κ1) is 14.8. The van der Waals surface area contributed by atoms with E-state index in [9.17, 15) is 9.50 Å². The van der Waals surface area contributed by atoms with Gasteiger partial charge in [0.25, 0.3) is 0 Å². The van der Waals surface area contributed by atoms with Crippen molar-refractivity contribution in [3.05, 3.63) is 54.1 Å². The number of fused-ring (bicyclic) bond motifs is 2. The molecule has 0 spiro atoms. The standard InChI is InChI=1S/C16H18FN3O3/c17-11-4-1-3-10(7-11)8-18-13-12-9-22-16(23-12)14(15(13)21)20-6-2-5-19-20/h1-7,12-16,18,21H,8-9H2/t12-,13-,14-,15+,16-/m1/s1. The third-order valence-electron chi connectivity index (χ3n) is 4.39. The van der Waals surface area contributed by atoms with Gasteiger partial charge in [0.1, 0.15) is 18.0 Å². The molecule has 5 atom stereocenters. The highest BCUT2D eigenvalue weighted by molar-refractivity contribution is 5.16. The molecule has 2 saturated heterocycles. The molecule has 1 aromatic heterocycles. The molecule has 2 fully saturated rings. The first-order chi connectivity index (χ1) is 11.2. The highest BCUT2D eigenvalue weighted by Crippen LogP contribution is 2.35. The van der Waals surface area contributed by atoms with Gasteiger partial charge in [0.15, 0.2) is 6.29 Å². The molecule has 2 bridgehead atoms. The van der Waals surface area contributed by atoms with Gasteiger partial charge >= 0.3 is 0 Å². The lowest BCUT2D eigenvalue weighted by Gasteiger charge is -2.38. The molecule has 2 aliphatic rings. The molecule has 6 nitrogen and oxygen atoms in total. The Balaban J connectivity index is 1.51. The minimum Gasteiger partial charge on any atom is -0.389 e. The van der Waals surface area contributed by atoms with E-state index in [1.165, 1.54) is 12.1 Å². The average Bonchev–Trinajstić information content (AvgIpc) is 3.19. The van der Waals surface area contributed by atoms with Crippen LogP contribution in [0.15, 0.2) is 42.7 Å². The van der Waals surface area contributed by atoms with Crippen LogP contribution in [0.5, 0.6) is 0 Å². The van der Waals surface area contributed by atoms with Crippen LogP contribution in [-0.2, 0) is 16.0 Å². The lowest BCUT2D eigenvalue weighted by molar-refractivity contribution is -0.168. The first-order valence-electron chi connectivity index (χ1n) is 7.64. The second-order valence-electron chi connectivity index (χ2n) is 5.88. The number of halogens is 1. The monoisotopic (exact) mass is 319 g/mol. The number of aromatic nitrogens is 2. The summed E-state index contributed by atoms with van der Waals surface area (Å²) in [5, 5.41) is 18.2. The van der Waals surface area contributed by atoms with E-state index < -0.39 is 18.4 Å². The van der Waals surface area contributed by atoms with Crippen LogP contribution in [0.2, 0.25) is 0 Å². The van der Waals surface area contributed by atoms with Gasteiger partial charge in [0.2, 0.25) is 0 Å². The Hall–Kier alpha value is -1.80. The van der Waals surface area contributed by atoms with Gasteiger partial charge in [0.05, 0.1) is 18.8 Å². The van der Waals surface area contributed by atoms with E-state index >= 15 is 0 Å². The number of benzene rings is 1. The van der Waals surface area contributed by atoms with Crippen molar-refractivity contribution in [3.63, 3.8) is 0 Å². The molecule has 0 amide bonds. The maximum absolute atomic E-state index is 13.3. The fourth-order valence-electron chi connectivity index (χ4n) is 3.27. The summed E-state index contributed by atoms with van der Waals surface area (Å²) in [4.78, 5) is 0. The van der Waals surface area contributed by atoms with Gasteiger partial charge in [-0.3, -0.25) is 4.68 Å². The van der Waals surface area contributed by atoms with E-state index in [4.69, 9.17) is 9.47 Å². The second-order valence-corrected chi connectivity index (χ2v) is 5.88. The van der Waals surface area contributed by atoms with Gasteiger partial charge in [-0.15, -0.1) is 0 Å². The van der Waals surface area contributed by atoms with Crippen LogP contribution in [0, 0.1) is 5.82 Å². The zero-order valence-corrected chi connectivity index (χ0v) is 12.4. The summed E-state index contributed by atoms with van der Waals surface area (Å²) >= 11 is 0. The molecular weight excluding hydrogens is 301 g/mol. The number of rotatable bonds is 4. The topological polar surface area (TPSA) is 68.5 Å². The minimum absolute atomic E-state index is 0.227. The molecule has 4 rings (SSSR count). The van der Waals surface area contributed by atoms with Crippen molar-refractivity contribution in [2.24, 2.45) is 0 Å². The SMILES string of the molecule is O[C@H]1[C@H](NCc2cccc(F)c2)[C@H]2CO[C@H](O2)[C@@H]1n1cccn1. The van der Waals surface area contributed by atoms with Crippen LogP contribution in [-0.4, -0.2) is 46.0 Å². The van der Waals surface area contributed by atoms with Crippen molar-refractivity contribution in [2.45, 2.75) is 37.1 Å². The highest BCUT2D eigenvalue weighted by Gasteiger charge is 2.50. The molecule has 7 heteroatoms. The van der Waals surface area contributed by atoms with E-state index in [2.05, 4.69) is 10.4 Å². The van der Waals surface area contributed by atoms with E-state index in [0.29, 0.717) is 13.2 Å². The predicted octanol–water partition coefficient (Wildman–Crippen LogP) is 0.838. The van der Waals surface area contributed by atoms with Crippen LogP contribution in [0.25, 0.3) is 0 Å². The van der Waals surface area contributed by atoms with E-state index in [-0.39, 0.29) is 18.0 Å². The van der Waals surface area contributed by atoms with Crippen LogP contribution in [0.3, 0.4) is 0 Å². The van der Waals surface area contributed by atoms with Crippen molar-refractivity contribution in [1.82, 2.24) is 15.1 Å². The third kappa shape index (κ3) is 2.76. The lowest BCUT2D eigenvalue weighted by Crippen LogP contribution is -2.57. The summed E-state index contributed by atoms with van der Waals surface area (Å²) in [6.07, 6.45) is 2.00. The fourth-order valence-corrected chi connectivity index (χ4v) is 3.27. The summed E-state index contributed by atoms with van der Waals surface area (Å²) < 4.78 is 26.4. The van der Waals surface area contributed by atoms with Crippen LogP contribution in [0.4, 0.5) is 4.39 Å². The summed E-state index contributed by atoms with van der Waals surface area (Å²) in [6, 6.07) is 7.46. The number of hydrogen-bond donors (Lipinski definition) is 2. The maximum Gasteiger partial charge on any atom is 0.183 e. The Bertz CT molecular complexity index is 666. The molecule has 0 aliphatic carbocycles. The number of aliphatic hydroxyl groups is 1. The Kier molecular flexibility index (Phi) is 3.86. The fraction of sp³-hybridized carbons (Fsp3) is 0.438. The van der Waals surface area contributed by atoms with Gasteiger partial charge in [-0.05, 0) is 23.8 Å². The van der Waals surface area contributed by atoms with Crippen LogP contribution in [0.1, 0.15) is 11.6 Å². The van der Waals surface area contributed by atoms with Gasteiger partial charge in [-0.25, -0.2) is 4.39 Å². The molecule has 2 aliphatic heterocycles. The Morgan fingerprint density at radius 1 is 1.39 bits per heavy atom. The van der Waals surface area contributed by atoms with Gasteiger partial charge < -0.3 is 19.9 Å². The largest absolute Gasteiger partial charge is 0.389 e.